The van der Waals surface area contributed by atoms with Crippen molar-refractivity contribution >= 4 is 17.2 Å². The Kier molecular flexibility index (Phi) is 2.33. The fourth-order valence-electron chi connectivity index (χ4n) is 1.37. The zero-order chi connectivity index (χ0) is 9.97. The summed E-state index contributed by atoms with van der Waals surface area (Å²) in [7, 11) is 0. The number of fused-ring (bicyclic) bond motifs is 1. The van der Waals surface area contributed by atoms with Gasteiger partial charge in [0, 0.05) is 13.5 Å². The van der Waals surface area contributed by atoms with Gasteiger partial charge in [-0.15, -0.1) is 0 Å². The molecule has 3 heteroatoms. The SMILES string of the molecule is Cc1nc2cc(/C=C/CN)ccc2o1. The highest BCUT2D eigenvalue weighted by Crippen LogP contribution is 2.17. The molecule has 0 spiro atoms. The average Bonchev–Trinajstić information content (AvgIpc) is 2.54. The van der Waals surface area contributed by atoms with Gasteiger partial charge in [-0.1, -0.05) is 18.2 Å². The van der Waals surface area contributed by atoms with Crippen molar-refractivity contribution in [2.24, 2.45) is 5.73 Å². The lowest BCUT2D eigenvalue weighted by molar-refractivity contribution is 0.561. The molecule has 2 rings (SSSR count). The molecule has 1 heterocycles. The summed E-state index contributed by atoms with van der Waals surface area (Å²) in [5, 5.41) is 0. The Hall–Kier alpha value is -1.61. The van der Waals surface area contributed by atoms with Gasteiger partial charge in [0.15, 0.2) is 11.5 Å². The molecule has 0 radical (unpaired) electrons. The second-order valence-corrected chi connectivity index (χ2v) is 3.10. The summed E-state index contributed by atoms with van der Waals surface area (Å²) >= 11 is 0. The molecule has 0 bridgehead atoms. The van der Waals surface area contributed by atoms with Crippen LogP contribution in [0.15, 0.2) is 28.7 Å². The Morgan fingerprint density at radius 2 is 2.36 bits per heavy atom. The molecule has 3 nitrogen and oxygen atoms in total. The van der Waals surface area contributed by atoms with Crippen LogP contribution in [0.25, 0.3) is 17.2 Å². The molecule has 2 aromatic rings. The molecule has 1 aromatic carbocycles. The summed E-state index contributed by atoms with van der Waals surface area (Å²) in [6, 6.07) is 5.89. The van der Waals surface area contributed by atoms with E-state index in [1.165, 1.54) is 0 Å². The number of nitrogens with zero attached hydrogens (tertiary/aromatic N) is 1. The third-order valence-corrected chi connectivity index (χ3v) is 1.96. The molecule has 1 aromatic heterocycles. The number of aryl methyl sites for hydroxylation is 1. The molecule has 14 heavy (non-hydrogen) atoms. The van der Waals surface area contributed by atoms with Gasteiger partial charge in [0.25, 0.3) is 0 Å². The van der Waals surface area contributed by atoms with Crippen LogP contribution in [-0.2, 0) is 0 Å². The zero-order valence-electron chi connectivity index (χ0n) is 8.03. The van der Waals surface area contributed by atoms with Crippen molar-refractivity contribution in [1.82, 2.24) is 4.98 Å². The van der Waals surface area contributed by atoms with Crippen LogP contribution < -0.4 is 5.73 Å². The molecule has 72 valence electrons. The summed E-state index contributed by atoms with van der Waals surface area (Å²) in [6.07, 6.45) is 3.89. The van der Waals surface area contributed by atoms with Crippen LogP contribution in [0, 0.1) is 6.92 Å². The van der Waals surface area contributed by atoms with Crippen LogP contribution in [-0.4, -0.2) is 11.5 Å². The molecule has 0 atom stereocenters. The first-order valence-electron chi connectivity index (χ1n) is 4.53. The summed E-state index contributed by atoms with van der Waals surface area (Å²) in [6.45, 7) is 2.39. The predicted molar refractivity (Wildman–Crippen MR) is 56.8 cm³/mol. The lowest BCUT2D eigenvalue weighted by atomic mass is 10.2. The molecule has 0 unspecified atom stereocenters. The Bertz CT molecular complexity index is 471. The van der Waals surface area contributed by atoms with E-state index in [0.29, 0.717) is 12.4 Å². The quantitative estimate of drug-likeness (QED) is 0.785. The summed E-state index contributed by atoms with van der Waals surface area (Å²) < 4.78 is 5.37. The number of oxazole rings is 1. The Balaban J connectivity index is 2.45. The molecule has 0 fully saturated rings. The smallest absolute Gasteiger partial charge is 0.192 e. The summed E-state index contributed by atoms with van der Waals surface area (Å²) in [4.78, 5) is 4.25. The van der Waals surface area contributed by atoms with Crippen LogP contribution in [0.2, 0.25) is 0 Å². The van der Waals surface area contributed by atoms with Crippen molar-refractivity contribution in [3.05, 3.63) is 35.7 Å². The number of hydrogen-bond acceptors (Lipinski definition) is 3. The molecule has 0 aliphatic heterocycles. The van der Waals surface area contributed by atoms with Gasteiger partial charge in [-0.05, 0) is 17.7 Å². The summed E-state index contributed by atoms with van der Waals surface area (Å²) in [5.74, 6) is 0.694. The van der Waals surface area contributed by atoms with E-state index in [2.05, 4.69) is 4.98 Å². The zero-order valence-corrected chi connectivity index (χ0v) is 8.03. The van der Waals surface area contributed by atoms with Crippen LogP contribution in [0.5, 0.6) is 0 Å². The Morgan fingerprint density at radius 3 is 3.14 bits per heavy atom. The Morgan fingerprint density at radius 1 is 1.50 bits per heavy atom. The van der Waals surface area contributed by atoms with E-state index >= 15 is 0 Å². The van der Waals surface area contributed by atoms with Gasteiger partial charge in [0.2, 0.25) is 0 Å². The minimum Gasteiger partial charge on any atom is -0.441 e. The van der Waals surface area contributed by atoms with E-state index < -0.39 is 0 Å². The van der Waals surface area contributed by atoms with E-state index in [9.17, 15) is 0 Å². The van der Waals surface area contributed by atoms with Gasteiger partial charge in [-0.25, -0.2) is 4.98 Å². The van der Waals surface area contributed by atoms with Gasteiger partial charge in [-0.3, -0.25) is 0 Å². The van der Waals surface area contributed by atoms with Crippen molar-refractivity contribution in [2.45, 2.75) is 6.92 Å². The number of benzene rings is 1. The molecular formula is C11H12N2O. The van der Waals surface area contributed by atoms with Crippen molar-refractivity contribution in [3.63, 3.8) is 0 Å². The average molecular weight is 188 g/mol. The van der Waals surface area contributed by atoms with Gasteiger partial charge >= 0.3 is 0 Å². The van der Waals surface area contributed by atoms with Crippen molar-refractivity contribution in [2.75, 3.05) is 6.54 Å². The normalized spacial score (nSPS) is 11.6. The molecular weight excluding hydrogens is 176 g/mol. The van der Waals surface area contributed by atoms with Gasteiger partial charge in [0.1, 0.15) is 5.52 Å². The van der Waals surface area contributed by atoms with Crippen LogP contribution >= 0.6 is 0 Å². The first-order valence-corrected chi connectivity index (χ1v) is 4.53. The fourth-order valence-corrected chi connectivity index (χ4v) is 1.37. The standard InChI is InChI=1S/C11H12N2O/c1-8-13-10-7-9(3-2-6-12)4-5-11(10)14-8/h2-5,7H,6,12H2,1H3/b3-2+. The predicted octanol–water partition coefficient (Wildman–Crippen LogP) is 2.11. The minimum atomic E-state index is 0.551. The maximum absolute atomic E-state index is 5.37. The van der Waals surface area contributed by atoms with Crippen molar-refractivity contribution in [3.8, 4) is 0 Å². The molecule has 0 saturated carbocycles. The molecule has 2 N–H and O–H groups in total. The van der Waals surface area contributed by atoms with Crippen molar-refractivity contribution < 1.29 is 4.42 Å². The number of nitrogens with two attached hydrogens (primary N) is 1. The van der Waals surface area contributed by atoms with E-state index in [4.69, 9.17) is 10.2 Å². The van der Waals surface area contributed by atoms with Gasteiger partial charge in [-0.2, -0.15) is 0 Å². The Labute approximate surface area is 82.2 Å². The second kappa shape index (κ2) is 3.64. The van der Waals surface area contributed by atoms with Crippen LogP contribution in [0.3, 0.4) is 0 Å². The largest absolute Gasteiger partial charge is 0.441 e. The van der Waals surface area contributed by atoms with E-state index in [1.54, 1.807) is 0 Å². The molecule has 0 amide bonds. The first kappa shape index (κ1) is 8.97. The van der Waals surface area contributed by atoms with E-state index in [0.717, 1.165) is 16.7 Å². The summed E-state index contributed by atoms with van der Waals surface area (Å²) in [5.41, 5.74) is 8.18. The molecule has 0 saturated heterocycles. The number of aromatic nitrogens is 1. The monoisotopic (exact) mass is 188 g/mol. The lowest BCUT2D eigenvalue weighted by Crippen LogP contribution is -1.91. The highest BCUT2D eigenvalue weighted by molar-refractivity contribution is 5.76. The molecule has 0 aliphatic carbocycles. The van der Waals surface area contributed by atoms with Crippen LogP contribution in [0.1, 0.15) is 11.5 Å². The highest BCUT2D eigenvalue weighted by atomic mass is 16.3. The maximum atomic E-state index is 5.37. The van der Waals surface area contributed by atoms with Crippen LogP contribution in [0.4, 0.5) is 0 Å². The number of hydrogen-bond donors (Lipinski definition) is 1. The number of rotatable bonds is 2. The highest BCUT2D eigenvalue weighted by Gasteiger charge is 2.00. The van der Waals surface area contributed by atoms with Crippen molar-refractivity contribution in [1.29, 1.82) is 0 Å². The maximum Gasteiger partial charge on any atom is 0.192 e. The third-order valence-electron chi connectivity index (χ3n) is 1.96. The first-order chi connectivity index (χ1) is 6.79. The minimum absolute atomic E-state index is 0.551. The van der Waals surface area contributed by atoms with Gasteiger partial charge < -0.3 is 10.2 Å². The topological polar surface area (TPSA) is 52.0 Å². The second-order valence-electron chi connectivity index (χ2n) is 3.10. The lowest BCUT2D eigenvalue weighted by Gasteiger charge is -1.91. The van der Waals surface area contributed by atoms with Gasteiger partial charge in [0.05, 0.1) is 0 Å². The molecule has 0 aliphatic rings. The third kappa shape index (κ3) is 1.67. The van der Waals surface area contributed by atoms with E-state index in [1.807, 2.05) is 37.3 Å². The fraction of sp³-hybridized carbons (Fsp3) is 0.182. The van der Waals surface area contributed by atoms with E-state index in [-0.39, 0.29) is 0 Å².